The quantitative estimate of drug-likeness (QED) is 0.340. The van der Waals surface area contributed by atoms with Gasteiger partial charge in [0, 0.05) is 0 Å². The van der Waals surface area contributed by atoms with Crippen molar-refractivity contribution in [1.29, 1.82) is 0 Å². The van der Waals surface area contributed by atoms with Crippen molar-refractivity contribution in [3.05, 3.63) is 84.5 Å². The van der Waals surface area contributed by atoms with E-state index in [1.54, 1.807) is 25.1 Å². The van der Waals surface area contributed by atoms with Crippen LogP contribution in [0.15, 0.2) is 63.5 Å². The highest BCUT2D eigenvalue weighted by Crippen LogP contribution is 2.32. The minimum Gasteiger partial charge on any atom is -0.504 e. The molecule has 3 aromatic rings. The number of phenols is 1. The van der Waals surface area contributed by atoms with E-state index >= 15 is 0 Å². The van der Waals surface area contributed by atoms with Crippen LogP contribution in [-0.4, -0.2) is 36.0 Å². The Balaban J connectivity index is 1.83. The van der Waals surface area contributed by atoms with Crippen LogP contribution in [0.2, 0.25) is 0 Å². The van der Waals surface area contributed by atoms with Crippen LogP contribution in [0.4, 0.5) is 0 Å². The van der Waals surface area contributed by atoms with Gasteiger partial charge in [-0.1, -0.05) is 42.9 Å². The van der Waals surface area contributed by atoms with Crippen LogP contribution in [-0.2, 0) is 9.53 Å². The molecule has 1 unspecified atom stereocenters. The Morgan fingerprint density at radius 3 is 2.59 bits per heavy atom. The lowest BCUT2D eigenvalue weighted by atomic mass is 9.96. The Morgan fingerprint density at radius 1 is 1.16 bits per heavy atom. The Bertz CT molecular complexity index is 1500. The van der Waals surface area contributed by atoms with E-state index in [2.05, 4.69) is 11.9 Å². The zero-order valence-electron chi connectivity index (χ0n) is 21.3. The minimum atomic E-state index is -0.700. The average Bonchev–Trinajstić information content (AvgIpc) is 3.19. The predicted molar refractivity (Wildman–Crippen MR) is 142 cm³/mol. The predicted octanol–water partition coefficient (Wildman–Crippen LogP) is 3.69. The Kier molecular flexibility index (Phi) is 8.13. The Labute approximate surface area is 218 Å². The molecule has 0 amide bonds. The van der Waals surface area contributed by atoms with Crippen molar-refractivity contribution in [3.63, 3.8) is 0 Å². The van der Waals surface area contributed by atoms with Crippen molar-refractivity contribution in [1.82, 2.24) is 4.57 Å². The molecule has 0 radical (unpaired) electrons. The van der Waals surface area contributed by atoms with Gasteiger partial charge in [0.05, 0.1) is 42.2 Å². The van der Waals surface area contributed by atoms with Gasteiger partial charge in [0.15, 0.2) is 16.3 Å². The van der Waals surface area contributed by atoms with Gasteiger partial charge in [-0.2, -0.15) is 0 Å². The number of rotatable bonds is 9. The number of allylic oxidation sites excluding steroid dienone is 1. The number of carbonyl (C=O) groups excluding carboxylic acids is 1. The first kappa shape index (κ1) is 26.2. The monoisotopic (exact) mass is 522 g/mol. The number of nitrogens with zero attached hydrogens (tertiary/aromatic N) is 2. The smallest absolute Gasteiger partial charge is 0.338 e. The number of thiazole rings is 1. The van der Waals surface area contributed by atoms with E-state index in [1.165, 1.54) is 29.1 Å². The number of hydrogen-bond donors (Lipinski definition) is 1. The second-order valence-electron chi connectivity index (χ2n) is 8.50. The lowest BCUT2D eigenvalue weighted by Crippen LogP contribution is -2.39. The molecule has 0 bridgehead atoms. The van der Waals surface area contributed by atoms with E-state index in [0.29, 0.717) is 45.1 Å². The maximum absolute atomic E-state index is 13.7. The van der Waals surface area contributed by atoms with Gasteiger partial charge >= 0.3 is 5.97 Å². The first-order valence-corrected chi connectivity index (χ1v) is 13.0. The second kappa shape index (κ2) is 11.5. The summed E-state index contributed by atoms with van der Waals surface area (Å²) in [6.45, 7) is 6.70. The van der Waals surface area contributed by atoms with Crippen molar-refractivity contribution in [2.45, 2.75) is 39.7 Å². The Morgan fingerprint density at radius 2 is 1.92 bits per heavy atom. The van der Waals surface area contributed by atoms with Crippen LogP contribution in [0.3, 0.4) is 0 Å². The summed E-state index contributed by atoms with van der Waals surface area (Å²) in [5.41, 5.74) is 1.96. The molecule has 194 valence electrons. The lowest BCUT2D eigenvalue weighted by Gasteiger charge is -2.24. The number of aromatic nitrogens is 1. The van der Waals surface area contributed by atoms with Crippen molar-refractivity contribution in [3.8, 4) is 17.2 Å². The second-order valence-corrected chi connectivity index (χ2v) is 9.51. The molecule has 1 atom stereocenters. The average molecular weight is 523 g/mol. The van der Waals surface area contributed by atoms with Crippen LogP contribution < -0.4 is 24.4 Å². The van der Waals surface area contributed by atoms with Gasteiger partial charge in [0.1, 0.15) is 5.75 Å². The summed E-state index contributed by atoms with van der Waals surface area (Å²) in [5.74, 6) is 0.555. The fourth-order valence-electron chi connectivity index (χ4n) is 4.13. The lowest BCUT2D eigenvalue weighted by molar-refractivity contribution is -0.136. The number of unbranched alkanes of at least 4 members (excludes halogenated alkanes) is 1. The highest BCUT2D eigenvalue weighted by Gasteiger charge is 2.33. The molecule has 1 aliphatic rings. The summed E-state index contributed by atoms with van der Waals surface area (Å²) in [5, 5.41) is 10.0. The number of aromatic hydroxyl groups is 1. The summed E-state index contributed by atoms with van der Waals surface area (Å²) < 4.78 is 18.3. The molecule has 9 heteroatoms. The molecule has 0 spiro atoms. The molecular formula is C28H30N2O6S. The summed E-state index contributed by atoms with van der Waals surface area (Å²) >= 11 is 1.23. The van der Waals surface area contributed by atoms with E-state index in [4.69, 9.17) is 14.2 Å². The molecule has 8 nitrogen and oxygen atoms in total. The van der Waals surface area contributed by atoms with Crippen LogP contribution in [0.25, 0.3) is 6.08 Å². The fourth-order valence-corrected chi connectivity index (χ4v) is 5.18. The number of benzene rings is 2. The maximum atomic E-state index is 13.7. The number of carbonyl (C=O) groups is 1. The maximum Gasteiger partial charge on any atom is 0.338 e. The van der Waals surface area contributed by atoms with E-state index in [1.807, 2.05) is 31.2 Å². The summed E-state index contributed by atoms with van der Waals surface area (Å²) in [6.07, 6.45) is 3.72. The number of ether oxygens (including phenoxy) is 3. The SMILES string of the molecule is CCCCOc1ccc(C2C(C(=O)OC)=C(C)N=c3s/c(=C\c4ccc(O)c(OCC)c4)c(=O)n32)cc1. The third-order valence-electron chi connectivity index (χ3n) is 5.97. The summed E-state index contributed by atoms with van der Waals surface area (Å²) in [4.78, 5) is 31.6. The number of fused-ring (bicyclic) bond motifs is 1. The van der Waals surface area contributed by atoms with Gasteiger partial charge in [-0.3, -0.25) is 9.36 Å². The molecule has 0 fully saturated rings. The van der Waals surface area contributed by atoms with E-state index < -0.39 is 12.0 Å². The van der Waals surface area contributed by atoms with Gasteiger partial charge in [-0.15, -0.1) is 0 Å². The fraction of sp³-hybridized carbons (Fsp3) is 0.321. The summed E-state index contributed by atoms with van der Waals surface area (Å²) in [7, 11) is 1.32. The topological polar surface area (TPSA) is 99.4 Å². The third-order valence-corrected chi connectivity index (χ3v) is 6.95. The number of phenolic OH excluding ortho intramolecular Hbond substituents is 1. The van der Waals surface area contributed by atoms with E-state index in [0.717, 1.165) is 24.2 Å². The van der Waals surface area contributed by atoms with Crippen LogP contribution in [0.5, 0.6) is 17.2 Å². The minimum absolute atomic E-state index is 0.0286. The molecule has 37 heavy (non-hydrogen) atoms. The van der Waals surface area contributed by atoms with Crippen LogP contribution >= 0.6 is 11.3 Å². The van der Waals surface area contributed by atoms with Gasteiger partial charge in [0.25, 0.3) is 5.56 Å². The van der Waals surface area contributed by atoms with Gasteiger partial charge in [-0.05, 0) is 61.7 Å². The first-order valence-electron chi connectivity index (χ1n) is 12.2. The largest absolute Gasteiger partial charge is 0.504 e. The van der Waals surface area contributed by atoms with Crippen molar-refractivity contribution in [2.24, 2.45) is 4.99 Å². The van der Waals surface area contributed by atoms with Crippen LogP contribution in [0.1, 0.15) is 50.8 Å². The van der Waals surface area contributed by atoms with E-state index in [9.17, 15) is 14.7 Å². The van der Waals surface area contributed by atoms with Crippen LogP contribution in [0, 0.1) is 0 Å². The zero-order chi connectivity index (χ0) is 26.5. The standard InChI is InChI=1S/C28H30N2O6S/c1-5-7-14-36-20-11-9-19(10-12-20)25-24(27(33)34-4)17(3)29-28-30(25)26(32)23(37-28)16-18-8-13-21(31)22(15-18)35-6-2/h8-13,15-16,25,31H,5-7,14H2,1-4H3/b23-16-. The molecule has 4 rings (SSSR count). The molecule has 0 aliphatic carbocycles. The van der Waals surface area contributed by atoms with Gasteiger partial charge < -0.3 is 19.3 Å². The molecule has 1 aliphatic heterocycles. The molecule has 1 N–H and O–H groups in total. The normalized spacial score (nSPS) is 15.2. The number of esters is 1. The highest BCUT2D eigenvalue weighted by atomic mass is 32.1. The molecule has 0 saturated heterocycles. The number of hydrogen-bond acceptors (Lipinski definition) is 8. The third kappa shape index (κ3) is 5.46. The molecule has 0 saturated carbocycles. The van der Waals surface area contributed by atoms with Gasteiger partial charge in [-0.25, -0.2) is 9.79 Å². The first-order chi connectivity index (χ1) is 17.9. The van der Waals surface area contributed by atoms with E-state index in [-0.39, 0.29) is 11.3 Å². The number of methoxy groups -OCH3 is 1. The zero-order valence-corrected chi connectivity index (χ0v) is 22.1. The Hall–Kier alpha value is -3.85. The summed E-state index contributed by atoms with van der Waals surface area (Å²) in [6, 6.07) is 11.6. The molecule has 1 aromatic heterocycles. The van der Waals surface area contributed by atoms with Gasteiger partial charge in [0.2, 0.25) is 0 Å². The highest BCUT2D eigenvalue weighted by molar-refractivity contribution is 7.07. The van der Waals surface area contributed by atoms with Crippen molar-refractivity contribution >= 4 is 23.4 Å². The van der Waals surface area contributed by atoms with Crippen molar-refractivity contribution < 1.29 is 24.1 Å². The molecule has 2 aromatic carbocycles. The molecule has 2 heterocycles. The van der Waals surface area contributed by atoms with Crippen molar-refractivity contribution in [2.75, 3.05) is 20.3 Å². The molecular weight excluding hydrogens is 492 g/mol.